The highest BCUT2D eigenvalue weighted by Gasteiger charge is 2.04. The van der Waals surface area contributed by atoms with E-state index in [1.165, 1.54) is 0 Å². The number of amides is 2. The second-order valence-corrected chi connectivity index (χ2v) is 4.85. The summed E-state index contributed by atoms with van der Waals surface area (Å²) in [7, 11) is 0. The van der Waals surface area contributed by atoms with Gasteiger partial charge in [0.1, 0.15) is 0 Å². The number of benzene rings is 1. The lowest BCUT2D eigenvalue weighted by atomic mass is 10.2. The molecule has 20 heavy (non-hydrogen) atoms. The second kappa shape index (κ2) is 6.91. The monoisotopic (exact) mass is 289 g/mol. The van der Waals surface area contributed by atoms with E-state index in [0.717, 1.165) is 11.3 Å². The van der Waals surface area contributed by atoms with Crippen molar-refractivity contribution in [2.24, 2.45) is 0 Å². The number of aromatic nitrogens is 1. The Morgan fingerprint density at radius 3 is 2.90 bits per heavy atom. The number of hydrogen-bond donors (Lipinski definition) is 2. The molecule has 1 aromatic heterocycles. The molecule has 2 rings (SSSR count). The van der Waals surface area contributed by atoms with Crippen LogP contribution in [-0.2, 0) is 6.42 Å². The van der Waals surface area contributed by atoms with E-state index < -0.39 is 0 Å². The lowest BCUT2D eigenvalue weighted by Gasteiger charge is -2.10. The molecule has 0 spiro atoms. The van der Waals surface area contributed by atoms with Crippen molar-refractivity contribution in [1.29, 1.82) is 0 Å². The third kappa shape index (κ3) is 4.24. The highest BCUT2D eigenvalue weighted by Crippen LogP contribution is 2.19. The molecule has 5 heteroatoms. The molecule has 0 aliphatic carbocycles. The van der Waals surface area contributed by atoms with E-state index in [0.29, 0.717) is 23.7 Å². The summed E-state index contributed by atoms with van der Waals surface area (Å²) in [6, 6.07) is 10.9. The highest BCUT2D eigenvalue weighted by molar-refractivity contribution is 6.31. The summed E-state index contributed by atoms with van der Waals surface area (Å²) in [6.07, 6.45) is 2.44. The molecule has 0 atom stereocenters. The molecule has 2 amide bonds. The lowest BCUT2D eigenvalue weighted by molar-refractivity contribution is 0.252. The Bertz CT molecular complexity index is 587. The van der Waals surface area contributed by atoms with Crippen molar-refractivity contribution in [3.63, 3.8) is 0 Å². The number of carbonyl (C=O) groups excluding carboxylic acids is 1. The van der Waals surface area contributed by atoms with Crippen LogP contribution in [0.1, 0.15) is 11.3 Å². The van der Waals surface area contributed by atoms with Crippen LogP contribution in [0.3, 0.4) is 0 Å². The van der Waals surface area contributed by atoms with Gasteiger partial charge in [-0.25, -0.2) is 4.79 Å². The second-order valence-electron chi connectivity index (χ2n) is 4.41. The topological polar surface area (TPSA) is 54.0 Å². The average Bonchev–Trinajstić information content (AvgIpc) is 2.44. The third-order valence-electron chi connectivity index (χ3n) is 2.84. The number of anilines is 1. The Morgan fingerprint density at radius 1 is 1.30 bits per heavy atom. The van der Waals surface area contributed by atoms with Gasteiger partial charge < -0.3 is 10.6 Å². The van der Waals surface area contributed by atoms with Gasteiger partial charge in [-0.15, -0.1) is 0 Å². The number of halogens is 1. The average molecular weight is 290 g/mol. The number of nitrogens with one attached hydrogen (secondary N) is 2. The summed E-state index contributed by atoms with van der Waals surface area (Å²) in [5.74, 6) is 0. The molecule has 0 unspecified atom stereocenters. The van der Waals surface area contributed by atoms with Crippen LogP contribution in [0.25, 0.3) is 0 Å². The number of pyridine rings is 1. The van der Waals surface area contributed by atoms with E-state index >= 15 is 0 Å². The van der Waals surface area contributed by atoms with Crippen molar-refractivity contribution in [2.45, 2.75) is 13.3 Å². The van der Waals surface area contributed by atoms with Crippen molar-refractivity contribution in [3.8, 4) is 0 Å². The van der Waals surface area contributed by atoms with Gasteiger partial charge in [0.2, 0.25) is 0 Å². The molecule has 0 aliphatic rings. The summed E-state index contributed by atoms with van der Waals surface area (Å²) in [4.78, 5) is 16.0. The van der Waals surface area contributed by atoms with Crippen LogP contribution in [0.4, 0.5) is 10.5 Å². The summed E-state index contributed by atoms with van der Waals surface area (Å²) in [5.41, 5.74) is 2.63. The number of aryl methyl sites for hydroxylation is 1. The van der Waals surface area contributed by atoms with Gasteiger partial charge in [-0.2, -0.15) is 0 Å². The van der Waals surface area contributed by atoms with Gasteiger partial charge in [0, 0.05) is 35.6 Å². The maximum absolute atomic E-state index is 11.8. The zero-order valence-corrected chi connectivity index (χ0v) is 11.9. The van der Waals surface area contributed by atoms with Crippen LogP contribution in [0, 0.1) is 6.92 Å². The third-order valence-corrected chi connectivity index (χ3v) is 3.08. The van der Waals surface area contributed by atoms with Gasteiger partial charge in [0.25, 0.3) is 0 Å². The minimum atomic E-state index is -0.244. The van der Waals surface area contributed by atoms with Gasteiger partial charge in [-0.3, -0.25) is 4.98 Å². The van der Waals surface area contributed by atoms with Crippen molar-refractivity contribution < 1.29 is 4.79 Å². The molecule has 1 heterocycles. The first-order valence-corrected chi connectivity index (χ1v) is 6.74. The fraction of sp³-hybridized carbons (Fsp3) is 0.200. The fourth-order valence-electron chi connectivity index (χ4n) is 1.75. The molecule has 0 fully saturated rings. The number of rotatable bonds is 4. The summed E-state index contributed by atoms with van der Waals surface area (Å²) < 4.78 is 0. The molecule has 2 aromatic rings. The molecule has 0 radical (unpaired) electrons. The van der Waals surface area contributed by atoms with Crippen molar-refractivity contribution in [2.75, 3.05) is 11.9 Å². The number of urea groups is 1. The first-order chi connectivity index (χ1) is 9.65. The Labute approximate surface area is 123 Å². The predicted molar refractivity (Wildman–Crippen MR) is 81.2 cm³/mol. The Balaban J connectivity index is 1.82. The summed E-state index contributed by atoms with van der Waals surface area (Å²) in [5, 5.41) is 6.17. The zero-order valence-electron chi connectivity index (χ0n) is 11.2. The van der Waals surface area contributed by atoms with Crippen LogP contribution in [0.2, 0.25) is 5.02 Å². The molecule has 1 aromatic carbocycles. The highest BCUT2D eigenvalue weighted by atomic mass is 35.5. The zero-order chi connectivity index (χ0) is 14.4. The lowest BCUT2D eigenvalue weighted by Crippen LogP contribution is -2.30. The molecule has 0 bridgehead atoms. The Morgan fingerprint density at radius 2 is 2.15 bits per heavy atom. The van der Waals surface area contributed by atoms with Gasteiger partial charge in [0.05, 0.1) is 0 Å². The SMILES string of the molecule is Cc1ccc(Cl)cc1NC(=O)NCCc1ccccn1. The van der Waals surface area contributed by atoms with Gasteiger partial charge in [-0.1, -0.05) is 23.7 Å². The largest absolute Gasteiger partial charge is 0.337 e. The van der Waals surface area contributed by atoms with Gasteiger partial charge in [0.15, 0.2) is 0 Å². The summed E-state index contributed by atoms with van der Waals surface area (Å²) >= 11 is 5.90. The number of carbonyl (C=O) groups is 1. The minimum Gasteiger partial charge on any atom is -0.337 e. The van der Waals surface area contributed by atoms with Crippen LogP contribution < -0.4 is 10.6 Å². The van der Waals surface area contributed by atoms with Crippen LogP contribution in [0.5, 0.6) is 0 Å². The van der Waals surface area contributed by atoms with Crippen molar-refractivity contribution in [1.82, 2.24) is 10.3 Å². The van der Waals surface area contributed by atoms with E-state index in [2.05, 4.69) is 15.6 Å². The van der Waals surface area contributed by atoms with Crippen LogP contribution in [0.15, 0.2) is 42.6 Å². The molecule has 0 saturated carbocycles. The predicted octanol–water partition coefficient (Wildman–Crippen LogP) is 3.41. The number of nitrogens with zero attached hydrogens (tertiary/aromatic N) is 1. The minimum absolute atomic E-state index is 0.244. The quantitative estimate of drug-likeness (QED) is 0.906. The molecule has 0 aliphatic heterocycles. The van der Waals surface area contributed by atoms with E-state index in [4.69, 9.17) is 11.6 Å². The smallest absolute Gasteiger partial charge is 0.319 e. The normalized spacial score (nSPS) is 10.1. The molecule has 4 nitrogen and oxygen atoms in total. The maximum Gasteiger partial charge on any atom is 0.319 e. The molecular weight excluding hydrogens is 274 g/mol. The van der Waals surface area contributed by atoms with Crippen molar-refractivity contribution in [3.05, 3.63) is 58.9 Å². The van der Waals surface area contributed by atoms with Gasteiger partial charge >= 0.3 is 6.03 Å². The molecule has 0 saturated heterocycles. The van der Waals surface area contributed by atoms with E-state index in [1.54, 1.807) is 18.3 Å². The molecule has 104 valence electrons. The molecule has 2 N–H and O–H groups in total. The van der Waals surface area contributed by atoms with Gasteiger partial charge in [-0.05, 0) is 36.8 Å². The van der Waals surface area contributed by atoms with E-state index in [-0.39, 0.29) is 6.03 Å². The Hall–Kier alpha value is -2.07. The standard InChI is InChI=1S/C15H16ClN3O/c1-11-5-6-12(16)10-14(11)19-15(20)18-9-7-13-4-2-3-8-17-13/h2-6,8,10H,7,9H2,1H3,(H2,18,19,20). The Kier molecular flexibility index (Phi) is 4.96. The van der Waals surface area contributed by atoms with Crippen LogP contribution in [-0.4, -0.2) is 17.6 Å². The van der Waals surface area contributed by atoms with E-state index in [1.807, 2.05) is 31.2 Å². The van der Waals surface area contributed by atoms with Crippen molar-refractivity contribution >= 4 is 23.3 Å². The summed E-state index contributed by atoms with van der Waals surface area (Å²) in [6.45, 7) is 2.45. The first-order valence-electron chi connectivity index (χ1n) is 6.36. The maximum atomic E-state index is 11.8. The van der Waals surface area contributed by atoms with E-state index in [9.17, 15) is 4.79 Å². The van der Waals surface area contributed by atoms with Crippen LogP contribution >= 0.6 is 11.6 Å². The molecular formula is C15H16ClN3O. The fourth-order valence-corrected chi connectivity index (χ4v) is 1.92. The first kappa shape index (κ1) is 14.3. The number of hydrogen-bond acceptors (Lipinski definition) is 2.